The second-order valence-electron chi connectivity index (χ2n) is 7.45. The highest BCUT2D eigenvalue weighted by atomic mass is 79.9. The molecule has 0 aliphatic heterocycles. The van der Waals surface area contributed by atoms with Crippen LogP contribution < -0.4 is 15.5 Å². The van der Waals surface area contributed by atoms with Crippen molar-refractivity contribution >= 4 is 57.2 Å². The van der Waals surface area contributed by atoms with E-state index in [1.807, 2.05) is 32.0 Å². The van der Waals surface area contributed by atoms with E-state index in [0.717, 1.165) is 28.6 Å². The predicted molar refractivity (Wildman–Crippen MR) is 133 cm³/mol. The van der Waals surface area contributed by atoms with E-state index < -0.39 is 17.9 Å². The van der Waals surface area contributed by atoms with Gasteiger partial charge in [-0.15, -0.1) is 0 Å². The highest BCUT2D eigenvalue weighted by molar-refractivity contribution is 9.10. The molecular weight excluding hydrogens is 517 g/mol. The highest BCUT2D eigenvalue weighted by Gasteiger charge is 2.24. The van der Waals surface area contributed by atoms with Crippen LogP contribution in [0.15, 0.2) is 46.0 Å². The maximum Gasteiger partial charge on any atom is 0.262 e. The number of carbonyl (C=O) groups excluding carboxylic acids is 2. The zero-order valence-electron chi connectivity index (χ0n) is 18.1. The third kappa shape index (κ3) is 7.80. The first kappa shape index (κ1) is 26.2. The Balaban J connectivity index is 1.99. The van der Waals surface area contributed by atoms with Gasteiger partial charge < -0.3 is 10.1 Å². The van der Waals surface area contributed by atoms with Crippen LogP contribution >= 0.6 is 39.1 Å². The number of hydrazone groups is 1. The summed E-state index contributed by atoms with van der Waals surface area (Å²) in [4.78, 5) is 25.2. The van der Waals surface area contributed by atoms with Crippen molar-refractivity contribution in [1.29, 1.82) is 0 Å². The molecule has 6 nitrogen and oxygen atoms in total. The molecule has 1 atom stereocenters. The van der Waals surface area contributed by atoms with Gasteiger partial charge in [-0.05, 0) is 70.2 Å². The fourth-order valence-corrected chi connectivity index (χ4v) is 3.49. The molecule has 0 bridgehead atoms. The van der Waals surface area contributed by atoms with Gasteiger partial charge in [-0.25, -0.2) is 5.43 Å². The molecule has 2 rings (SSSR count). The normalized spacial score (nSPS) is 12.1. The maximum absolute atomic E-state index is 12.6. The van der Waals surface area contributed by atoms with Gasteiger partial charge in [0.25, 0.3) is 11.8 Å². The van der Waals surface area contributed by atoms with Crippen LogP contribution in [-0.2, 0) is 4.79 Å². The minimum atomic E-state index is -0.782. The molecule has 172 valence electrons. The van der Waals surface area contributed by atoms with E-state index in [9.17, 15) is 9.59 Å². The minimum absolute atomic E-state index is 0.161. The summed E-state index contributed by atoms with van der Waals surface area (Å²) < 4.78 is 6.51. The Labute approximate surface area is 206 Å². The fraction of sp³-hybridized carbons (Fsp3) is 0.348. The number of amides is 2. The second kappa shape index (κ2) is 12.8. The number of ether oxygens (including phenoxy) is 1. The van der Waals surface area contributed by atoms with Crippen molar-refractivity contribution in [1.82, 2.24) is 10.7 Å². The fourth-order valence-electron chi connectivity index (χ4n) is 2.68. The van der Waals surface area contributed by atoms with Crippen molar-refractivity contribution in [3.05, 3.63) is 62.0 Å². The van der Waals surface area contributed by atoms with Crippen LogP contribution in [0.1, 0.15) is 49.5 Å². The number of carbonyl (C=O) groups is 2. The Bertz CT molecular complexity index is 983. The molecule has 0 fully saturated rings. The third-order valence-corrected chi connectivity index (χ3v) is 5.88. The van der Waals surface area contributed by atoms with Gasteiger partial charge >= 0.3 is 0 Å². The van der Waals surface area contributed by atoms with Crippen molar-refractivity contribution in [2.75, 3.05) is 6.61 Å². The number of unbranched alkanes of at least 4 members (excludes halogenated alkanes) is 1. The van der Waals surface area contributed by atoms with Crippen LogP contribution in [0.2, 0.25) is 10.0 Å². The summed E-state index contributed by atoms with van der Waals surface area (Å²) in [5.74, 6) is -0.262. The van der Waals surface area contributed by atoms with Crippen LogP contribution in [0.3, 0.4) is 0 Å². The van der Waals surface area contributed by atoms with E-state index in [1.54, 1.807) is 6.07 Å². The molecule has 0 aliphatic carbocycles. The number of benzene rings is 2. The number of hydrogen-bond donors (Lipinski definition) is 2. The minimum Gasteiger partial charge on any atom is -0.492 e. The number of halogens is 3. The van der Waals surface area contributed by atoms with E-state index in [0.29, 0.717) is 17.2 Å². The first-order valence-electron chi connectivity index (χ1n) is 10.2. The molecule has 1 unspecified atom stereocenters. The smallest absolute Gasteiger partial charge is 0.262 e. The molecule has 0 saturated carbocycles. The predicted octanol–water partition coefficient (Wildman–Crippen LogP) is 5.84. The molecule has 0 heterocycles. The summed E-state index contributed by atoms with van der Waals surface area (Å²) in [5.41, 5.74) is 3.58. The number of rotatable bonds is 10. The van der Waals surface area contributed by atoms with E-state index >= 15 is 0 Å². The third-order valence-electron chi connectivity index (χ3n) is 4.52. The van der Waals surface area contributed by atoms with Gasteiger partial charge in [0.05, 0.1) is 27.3 Å². The summed E-state index contributed by atoms with van der Waals surface area (Å²) in [7, 11) is 0. The number of nitrogens with one attached hydrogen (secondary N) is 2. The second-order valence-corrected chi connectivity index (χ2v) is 9.12. The molecule has 0 saturated heterocycles. The summed E-state index contributed by atoms with van der Waals surface area (Å²) in [6, 6.07) is 9.29. The summed E-state index contributed by atoms with van der Waals surface area (Å²) >= 11 is 15.4. The molecule has 2 aromatic rings. The molecule has 32 heavy (non-hydrogen) atoms. The van der Waals surface area contributed by atoms with Crippen LogP contribution in [0.5, 0.6) is 5.75 Å². The first-order chi connectivity index (χ1) is 15.2. The average Bonchev–Trinajstić information content (AvgIpc) is 2.75. The van der Waals surface area contributed by atoms with Gasteiger partial charge in [0, 0.05) is 5.56 Å². The lowest BCUT2D eigenvalue weighted by atomic mass is 10.0. The molecule has 2 N–H and O–H groups in total. The lowest BCUT2D eigenvalue weighted by Crippen LogP contribution is -2.48. The molecule has 9 heteroatoms. The van der Waals surface area contributed by atoms with Gasteiger partial charge in [0.2, 0.25) is 0 Å². The van der Waals surface area contributed by atoms with E-state index in [4.69, 9.17) is 27.9 Å². The van der Waals surface area contributed by atoms with Crippen LogP contribution in [0.25, 0.3) is 0 Å². The van der Waals surface area contributed by atoms with Gasteiger partial charge in [-0.2, -0.15) is 5.10 Å². The van der Waals surface area contributed by atoms with Crippen molar-refractivity contribution in [3.8, 4) is 5.75 Å². The standard InChI is InChI=1S/C23H26BrCl2N3O3/c1-4-5-10-32-20-9-6-15(11-17(20)24)13-27-29-23(31)21(14(2)3)28-22(30)16-7-8-18(25)19(26)12-16/h6-9,11-14,21H,4-5,10H2,1-3H3,(H,28,30)(H,29,31). The Morgan fingerprint density at radius 1 is 1.16 bits per heavy atom. The molecule has 0 radical (unpaired) electrons. The lowest BCUT2D eigenvalue weighted by molar-refractivity contribution is -0.123. The molecule has 2 aromatic carbocycles. The van der Waals surface area contributed by atoms with Crippen LogP contribution in [0, 0.1) is 5.92 Å². The Kier molecular flexibility index (Phi) is 10.5. The van der Waals surface area contributed by atoms with Gasteiger partial charge in [-0.1, -0.05) is 50.4 Å². The van der Waals surface area contributed by atoms with Crippen molar-refractivity contribution in [3.63, 3.8) is 0 Å². The van der Waals surface area contributed by atoms with Crippen LogP contribution in [-0.4, -0.2) is 30.7 Å². The topological polar surface area (TPSA) is 79.8 Å². The van der Waals surface area contributed by atoms with Crippen LogP contribution in [0.4, 0.5) is 0 Å². The van der Waals surface area contributed by atoms with Gasteiger partial charge in [-0.3, -0.25) is 9.59 Å². The monoisotopic (exact) mass is 541 g/mol. The highest BCUT2D eigenvalue weighted by Crippen LogP contribution is 2.26. The maximum atomic E-state index is 12.6. The molecule has 0 aliphatic rings. The zero-order valence-corrected chi connectivity index (χ0v) is 21.2. The molecule has 0 aromatic heterocycles. The molecular formula is C23H26BrCl2N3O3. The summed E-state index contributed by atoms with van der Waals surface area (Å²) in [6.45, 7) is 6.42. The van der Waals surface area contributed by atoms with Gasteiger partial charge in [0.1, 0.15) is 11.8 Å². The number of hydrogen-bond acceptors (Lipinski definition) is 4. The Hall–Kier alpha value is -2.09. The molecule has 2 amide bonds. The largest absolute Gasteiger partial charge is 0.492 e. The van der Waals surface area contributed by atoms with Crippen molar-refractivity contribution in [2.45, 2.75) is 39.7 Å². The van der Waals surface area contributed by atoms with Crippen molar-refractivity contribution < 1.29 is 14.3 Å². The van der Waals surface area contributed by atoms with E-state index in [-0.39, 0.29) is 10.9 Å². The quantitative estimate of drug-likeness (QED) is 0.225. The molecule has 0 spiro atoms. The Morgan fingerprint density at radius 2 is 1.91 bits per heavy atom. The first-order valence-corrected chi connectivity index (χ1v) is 11.8. The van der Waals surface area contributed by atoms with Crippen molar-refractivity contribution in [2.24, 2.45) is 11.0 Å². The summed E-state index contributed by atoms with van der Waals surface area (Å²) in [6.07, 6.45) is 3.57. The average molecular weight is 543 g/mol. The lowest BCUT2D eigenvalue weighted by Gasteiger charge is -2.20. The van der Waals surface area contributed by atoms with E-state index in [1.165, 1.54) is 18.3 Å². The Morgan fingerprint density at radius 3 is 2.53 bits per heavy atom. The SMILES string of the molecule is CCCCOc1ccc(C=NNC(=O)C(NC(=O)c2ccc(Cl)c(Cl)c2)C(C)C)cc1Br. The summed E-state index contributed by atoms with van der Waals surface area (Å²) in [5, 5.41) is 7.35. The zero-order chi connectivity index (χ0) is 23.7. The van der Waals surface area contributed by atoms with E-state index in [2.05, 4.69) is 38.7 Å². The number of nitrogens with zero attached hydrogens (tertiary/aromatic N) is 1. The van der Waals surface area contributed by atoms with Gasteiger partial charge in [0.15, 0.2) is 0 Å².